The van der Waals surface area contributed by atoms with E-state index in [1.165, 1.54) is 0 Å². The molecule has 2 aliphatic heterocycles. The largest absolute Gasteiger partial charge is 0.454 e. The van der Waals surface area contributed by atoms with Crippen LogP contribution in [0.25, 0.3) is 0 Å². The van der Waals surface area contributed by atoms with Gasteiger partial charge in [-0.3, -0.25) is 0 Å². The molecule has 0 unspecified atom stereocenters. The summed E-state index contributed by atoms with van der Waals surface area (Å²) in [6, 6.07) is 20.5. The van der Waals surface area contributed by atoms with Gasteiger partial charge in [-0.1, -0.05) is 35.9 Å². The van der Waals surface area contributed by atoms with Gasteiger partial charge in [-0.2, -0.15) is 4.31 Å². The Morgan fingerprint density at radius 3 is 2.39 bits per heavy atom. The topological polar surface area (TPSA) is 62.2 Å². The van der Waals surface area contributed by atoms with E-state index in [-0.39, 0.29) is 6.04 Å². The summed E-state index contributed by atoms with van der Waals surface area (Å²) in [7, 11) is -3.55. The van der Waals surface area contributed by atoms with Crippen molar-refractivity contribution in [3.8, 4) is 11.5 Å². The molecule has 5 rings (SSSR count). The van der Waals surface area contributed by atoms with E-state index in [9.17, 15) is 8.42 Å². The molecule has 1 atom stereocenters. The van der Waals surface area contributed by atoms with Gasteiger partial charge < -0.3 is 9.64 Å². The highest BCUT2D eigenvalue weighted by Crippen LogP contribution is 2.39. The van der Waals surface area contributed by atoms with Crippen LogP contribution in [0.5, 0.6) is 11.5 Å². The highest BCUT2D eigenvalue weighted by Gasteiger charge is 2.35. The number of ether oxygens (including phenoxy) is 1. The molecule has 0 saturated carbocycles. The maximum Gasteiger partial charge on any atom is 0.243 e. The van der Waals surface area contributed by atoms with Gasteiger partial charge in [0.15, 0.2) is 5.75 Å². The first-order valence-electron chi connectivity index (χ1n) is 11.1. The number of hydrogen-bond acceptors (Lipinski definition) is 5. The highest BCUT2D eigenvalue weighted by molar-refractivity contribution is 7.89. The number of nitrogens with zero attached hydrogens (tertiary/aromatic N) is 3. The molecule has 0 aliphatic carbocycles. The molecule has 1 saturated heterocycles. The predicted octanol–water partition coefficient (Wildman–Crippen LogP) is 4.88. The lowest BCUT2D eigenvalue weighted by Crippen LogP contribution is -2.55. The molecule has 3 aromatic rings. The van der Waals surface area contributed by atoms with Crippen LogP contribution in [0.15, 0.2) is 76.6 Å². The molecule has 6 nitrogen and oxygen atoms in total. The number of aryl methyl sites for hydroxylation is 2. The minimum absolute atomic E-state index is 0.207. The zero-order valence-corrected chi connectivity index (χ0v) is 19.8. The Balaban J connectivity index is 1.50. The number of sulfonamides is 1. The van der Waals surface area contributed by atoms with Gasteiger partial charge in [0.2, 0.25) is 10.0 Å². The number of aliphatic imine (C=N–C) groups is 1. The third-order valence-corrected chi connectivity index (χ3v) is 8.18. The SMILES string of the molecule is Cc1ccc2c(c1)Oc1ccc(C)cc1C(N1CCN(S(=O)(=O)c3ccccc3)[C@H](C)C1)=N2. The van der Waals surface area contributed by atoms with Crippen LogP contribution in [0.2, 0.25) is 0 Å². The Labute approximate surface area is 195 Å². The molecule has 1 fully saturated rings. The van der Waals surface area contributed by atoms with Crippen molar-refractivity contribution in [2.24, 2.45) is 4.99 Å². The molecule has 33 heavy (non-hydrogen) atoms. The van der Waals surface area contributed by atoms with Crippen molar-refractivity contribution in [2.75, 3.05) is 19.6 Å². The van der Waals surface area contributed by atoms with E-state index in [4.69, 9.17) is 9.73 Å². The second-order valence-electron chi connectivity index (χ2n) is 8.73. The Morgan fingerprint density at radius 1 is 0.909 bits per heavy atom. The minimum atomic E-state index is -3.55. The summed E-state index contributed by atoms with van der Waals surface area (Å²) in [6.45, 7) is 7.51. The van der Waals surface area contributed by atoms with Crippen molar-refractivity contribution in [1.82, 2.24) is 9.21 Å². The third kappa shape index (κ3) is 4.03. The molecule has 2 heterocycles. The highest BCUT2D eigenvalue weighted by atomic mass is 32.2. The van der Waals surface area contributed by atoms with E-state index in [0.717, 1.165) is 39.7 Å². The minimum Gasteiger partial charge on any atom is -0.454 e. The van der Waals surface area contributed by atoms with Crippen molar-refractivity contribution in [1.29, 1.82) is 0 Å². The third-order valence-electron chi connectivity index (χ3n) is 6.15. The molecule has 0 radical (unpaired) electrons. The summed E-state index contributed by atoms with van der Waals surface area (Å²) >= 11 is 0. The van der Waals surface area contributed by atoms with Crippen molar-refractivity contribution in [3.63, 3.8) is 0 Å². The van der Waals surface area contributed by atoms with Crippen LogP contribution in [-0.4, -0.2) is 49.1 Å². The van der Waals surface area contributed by atoms with Crippen LogP contribution in [0.4, 0.5) is 5.69 Å². The fraction of sp³-hybridized carbons (Fsp3) is 0.269. The van der Waals surface area contributed by atoms with Gasteiger partial charge in [-0.25, -0.2) is 13.4 Å². The zero-order chi connectivity index (χ0) is 23.2. The molecule has 0 amide bonds. The molecule has 7 heteroatoms. The summed E-state index contributed by atoms with van der Waals surface area (Å²) in [5.41, 5.74) is 3.92. The van der Waals surface area contributed by atoms with E-state index in [0.29, 0.717) is 24.5 Å². The first kappa shape index (κ1) is 21.7. The predicted molar refractivity (Wildman–Crippen MR) is 130 cm³/mol. The molecule has 0 N–H and O–H groups in total. The van der Waals surface area contributed by atoms with E-state index >= 15 is 0 Å². The molecular formula is C26H27N3O3S. The Hall–Kier alpha value is -3.16. The summed E-state index contributed by atoms with van der Waals surface area (Å²) < 4.78 is 34.3. The number of hydrogen-bond donors (Lipinski definition) is 0. The summed E-state index contributed by atoms with van der Waals surface area (Å²) in [5, 5.41) is 0. The van der Waals surface area contributed by atoms with E-state index in [1.807, 2.05) is 57.2 Å². The lowest BCUT2D eigenvalue weighted by molar-refractivity contribution is 0.206. The molecule has 2 aliphatic rings. The molecule has 0 spiro atoms. The van der Waals surface area contributed by atoms with Crippen LogP contribution < -0.4 is 4.74 Å². The van der Waals surface area contributed by atoms with Crippen LogP contribution in [0.3, 0.4) is 0 Å². The van der Waals surface area contributed by atoms with Crippen LogP contribution in [0.1, 0.15) is 23.6 Å². The number of benzene rings is 3. The van der Waals surface area contributed by atoms with Crippen molar-refractivity contribution in [2.45, 2.75) is 31.7 Å². The number of fused-ring (bicyclic) bond motifs is 2. The second-order valence-corrected chi connectivity index (χ2v) is 10.6. The van der Waals surface area contributed by atoms with Crippen LogP contribution in [0, 0.1) is 13.8 Å². The average molecular weight is 462 g/mol. The summed E-state index contributed by atoms with van der Waals surface area (Å²) in [5.74, 6) is 2.31. The fourth-order valence-electron chi connectivity index (χ4n) is 4.46. The van der Waals surface area contributed by atoms with Gasteiger partial charge in [-0.05, 0) is 62.7 Å². The molecule has 170 valence electrons. The Morgan fingerprint density at radius 2 is 1.64 bits per heavy atom. The fourth-order valence-corrected chi connectivity index (χ4v) is 6.09. The van der Waals surface area contributed by atoms with Gasteiger partial charge in [0.05, 0.1) is 10.5 Å². The molecule has 0 bridgehead atoms. The normalized spacial score (nSPS) is 18.6. The van der Waals surface area contributed by atoms with Gasteiger partial charge in [0, 0.05) is 25.7 Å². The van der Waals surface area contributed by atoms with Crippen molar-refractivity contribution >= 4 is 21.5 Å². The first-order chi connectivity index (χ1) is 15.8. The van der Waals surface area contributed by atoms with Gasteiger partial charge in [0.25, 0.3) is 0 Å². The lowest BCUT2D eigenvalue weighted by Gasteiger charge is -2.40. The van der Waals surface area contributed by atoms with Crippen molar-refractivity contribution < 1.29 is 13.2 Å². The zero-order valence-electron chi connectivity index (χ0n) is 19.0. The van der Waals surface area contributed by atoms with Gasteiger partial charge in [-0.15, -0.1) is 0 Å². The maximum atomic E-state index is 13.2. The number of piperazine rings is 1. The number of rotatable bonds is 2. The number of amidine groups is 1. The smallest absolute Gasteiger partial charge is 0.243 e. The summed E-state index contributed by atoms with van der Waals surface area (Å²) in [6.07, 6.45) is 0. The summed E-state index contributed by atoms with van der Waals surface area (Å²) in [4.78, 5) is 7.52. The lowest BCUT2D eigenvalue weighted by atomic mass is 10.1. The van der Waals surface area contributed by atoms with E-state index in [2.05, 4.69) is 11.0 Å². The standard InChI is InChI=1S/C26H27N3O3S/c1-18-10-12-24-22(15-18)26(27-23-11-9-19(2)16-25(23)32-24)28-13-14-29(20(3)17-28)33(30,31)21-7-5-4-6-8-21/h4-12,15-16,20H,13-14,17H2,1-3H3/t20-/m1/s1. The quantitative estimate of drug-likeness (QED) is 0.546. The molecule has 0 aromatic heterocycles. The van der Waals surface area contributed by atoms with Gasteiger partial charge in [0.1, 0.15) is 17.3 Å². The molecule has 3 aromatic carbocycles. The Kier molecular flexibility index (Phi) is 5.46. The maximum absolute atomic E-state index is 13.2. The van der Waals surface area contributed by atoms with E-state index in [1.54, 1.807) is 28.6 Å². The Bertz CT molecular complexity index is 1340. The van der Waals surface area contributed by atoms with Gasteiger partial charge >= 0.3 is 0 Å². The van der Waals surface area contributed by atoms with Crippen LogP contribution in [-0.2, 0) is 10.0 Å². The van der Waals surface area contributed by atoms with Crippen LogP contribution >= 0.6 is 0 Å². The van der Waals surface area contributed by atoms with Crippen molar-refractivity contribution in [3.05, 3.63) is 83.4 Å². The first-order valence-corrected chi connectivity index (χ1v) is 12.6. The average Bonchev–Trinajstić information content (AvgIpc) is 2.95. The molecular weight excluding hydrogens is 434 g/mol. The van der Waals surface area contributed by atoms with E-state index < -0.39 is 10.0 Å². The second kappa shape index (κ2) is 8.32. The monoisotopic (exact) mass is 461 g/mol.